The first-order valence-corrected chi connectivity index (χ1v) is 7.38. The fourth-order valence-electron chi connectivity index (χ4n) is 1.92. The number of hydrogen-bond donors (Lipinski definition) is 1. The molecule has 0 aromatic heterocycles. The quantitative estimate of drug-likeness (QED) is 0.576. The number of nitrogens with zero attached hydrogens (tertiary/aromatic N) is 2. The van der Waals surface area contributed by atoms with Crippen molar-refractivity contribution in [3.63, 3.8) is 0 Å². The summed E-state index contributed by atoms with van der Waals surface area (Å²) in [5.41, 5.74) is 0.0834. The number of nitro benzene ring substituents is 1. The SMILES string of the molecule is CCCN(CC)CCNc1cc(F)c(Br)cc1[N+](=O)[O-]. The van der Waals surface area contributed by atoms with Gasteiger partial charge in [-0.25, -0.2) is 4.39 Å². The first kappa shape index (κ1) is 16.8. The van der Waals surface area contributed by atoms with Crippen molar-refractivity contribution in [2.24, 2.45) is 0 Å². The number of nitrogens with one attached hydrogen (secondary N) is 1. The summed E-state index contributed by atoms with van der Waals surface area (Å²) in [5.74, 6) is -0.515. The van der Waals surface area contributed by atoms with Gasteiger partial charge in [-0.2, -0.15) is 0 Å². The Balaban J connectivity index is 2.72. The van der Waals surface area contributed by atoms with Gasteiger partial charge in [0.05, 0.1) is 9.40 Å². The van der Waals surface area contributed by atoms with Crippen LogP contribution in [0.15, 0.2) is 16.6 Å². The van der Waals surface area contributed by atoms with Crippen molar-refractivity contribution in [1.82, 2.24) is 4.90 Å². The van der Waals surface area contributed by atoms with Crippen molar-refractivity contribution in [1.29, 1.82) is 0 Å². The Morgan fingerprint density at radius 2 is 2.10 bits per heavy atom. The number of likely N-dealkylation sites (N-methyl/N-ethyl adjacent to an activating group) is 1. The third kappa shape index (κ3) is 4.72. The van der Waals surface area contributed by atoms with E-state index in [1.807, 2.05) is 0 Å². The summed E-state index contributed by atoms with van der Waals surface area (Å²) in [4.78, 5) is 12.7. The highest BCUT2D eigenvalue weighted by atomic mass is 79.9. The fourth-order valence-corrected chi connectivity index (χ4v) is 2.25. The Hall–Kier alpha value is -1.21. The highest BCUT2D eigenvalue weighted by Crippen LogP contribution is 2.30. The first-order chi connectivity index (χ1) is 9.49. The topological polar surface area (TPSA) is 58.4 Å². The molecule has 0 heterocycles. The van der Waals surface area contributed by atoms with Crippen molar-refractivity contribution in [3.8, 4) is 0 Å². The molecule has 0 saturated carbocycles. The Kier molecular flexibility index (Phi) is 6.87. The van der Waals surface area contributed by atoms with Crippen LogP contribution in [0.1, 0.15) is 20.3 Å². The summed E-state index contributed by atoms with van der Waals surface area (Å²) < 4.78 is 13.6. The molecule has 1 aromatic carbocycles. The number of halogens is 2. The standard InChI is InChI=1S/C13H19BrFN3O2/c1-3-6-17(4-2)7-5-16-12-9-11(15)10(14)8-13(12)18(19)20/h8-9,16H,3-7H2,1-2H3. The number of anilines is 1. The molecule has 20 heavy (non-hydrogen) atoms. The fraction of sp³-hybridized carbons (Fsp3) is 0.538. The van der Waals surface area contributed by atoms with Gasteiger partial charge in [-0.3, -0.25) is 10.1 Å². The molecule has 0 aliphatic rings. The molecule has 0 bridgehead atoms. The molecule has 1 N–H and O–H groups in total. The largest absolute Gasteiger partial charge is 0.378 e. The van der Waals surface area contributed by atoms with Gasteiger partial charge in [-0.05, 0) is 35.4 Å². The maximum absolute atomic E-state index is 13.5. The van der Waals surface area contributed by atoms with Gasteiger partial charge in [-0.15, -0.1) is 0 Å². The summed E-state index contributed by atoms with van der Waals surface area (Å²) in [6, 6.07) is 2.33. The average molecular weight is 348 g/mol. The molecule has 5 nitrogen and oxygen atoms in total. The Morgan fingerprint density at radius 3 is 2.65 bits per heavy atom. The lowest BCUT2D eigenvalue weighted by Gasteiger charge is -2.19. The first-order valence-electron chi connectivity index (χ1n) is 6.59. The van der Waals surface area contributed by atoms with Crippen molar-refractivity contribution in [2.45, 2.75) is 20.3 Å². The molecule has 0 spiro atoms. The van der Waals surface area contributed by atoms with Crippen LogP contribution < -0.4 is 5.32 Å². The van der Waals surface area contributed by atoms with Crippen molar-refractivity contribution < 1.29 is 9.31 Å². The zero-order valence-corrected chi connectivity index (χ0v) is 13.2. The molecule has 0 aliphatic heterocycles. The second-order valence-electron chi connectivity index (χ2n) is 4.40. The van der Waals surface area contributed by atoms with Crippen LogP contribution in [0.25, 0.3) is 0 Å². The van der Waals surface area contributed by atoms with Crippen LogP contribution in [0.5, 0.6) is 0 Å². The summed E-state index contributed by atoms with van der Waals surface area (Å²) in [6.07, 6.45) is 1.06. The van der Waals surface area contributed by atoms with Gasteiger partial charge in [0.25, 0.3) is 5.69 Å². The molecule has 7 heteroatoms. The molecular weight excluding hydrogens is 329 g/mol. The van der Waals surface area contributed by atoms with Crippen LogP contribution in [0, 0.1) is 15.9 Å². The molecule has 0 aliphatic carbocycles. The molecule has 0 atom stereocenters. The van der Waals surface area contributed by atoms with Gasteiger partial charge in [0.15, 0.2) is 0 Å². The van der Waals surface area contributed by atoms with E-state index < -0.39 is 10.7 Å². The van der Waals surface area contributed by atoms with Gasteiger partial charge in [0.1, 0.15) is 11.5 Å². The summed E-state index contributed by atoms with van der Waals surface area (Å²) in [5, 5.41) is 13.9. The maximum atomic E-state index is 13.5. The van der Waals surface area contributed by atoms with Gasteiger partial charge in [0, 0.05) is 25.2 Å². The van der Waals surface area contributed by atoms with Crippen LogP contribution in [0.4, 0.5) is 15.8 Å². The normalized spacial score (nSPS) is 10.8. The van der Waals surface area contributed by atoms with Crippen LogP contribution in [0.2, 0.25) is 0 Å². The molecule has 0 amide bonds. The van der Waals surface area contributed by atoms with Crippen LogP contribution >= 0.6 is 15.9 Å². The number of hydrogen-bond acceptors (Lipinski definition) is 4. The lowest BCUT2D eigenvalue weighted by Crippen LogP contribution is -2.29. The molecule has 0 saturated heterocycles. The minimum Gasteiger partial charge on any atom is -0.378 e. The van der Waals surface area contributed by atoms with E-state index in [0.717, 1.165) is 32.1 Å². The van der Waals surface area contributed by atoms with Crippen molar-refractivity contribution >= 4 is 27.3 Å². The summed E-state index contributed by atoms with van der Waals surface area (Å²) in [7, 11) is 0. The predicted octanol–water partition coefficient (Wildman–Crippen LogP) is 3.64. The molecular formula is C13H19BrFN3O2. The highest BCUT2D eigenvalue weighted by molar-refractivity contribution is 9.10. The van der Waals surface area contributed by atoms with Crippen molar-refractivity contribution in [3.05, 3.63) is 32.5 Å². The molecule has 112 valence electrons. The number of rotatable bonds is 8. The van der Waals surface area contributed by atoms with E-state index in [1.54, 1.807) is 0 Å². The Labute approximate surface area is 126 Å². The second-order valence-corrected chi connectivity index (χ2v) is 5.26. The van der Waals surface area contributed by atoms with Gasteiger partial charge < -0.3 is 10.2 Å². The minimum atomic E-state index is -0.518. The Bertz CT molecular complexity index is 471. The van der Waals surface area contributed by atoms with E-state index in [2.05, 4.69) is 40.0 Å². The number of nitro groups is 1. The van der Waals surface area contributed by atoms with E-state index >= 15 is 0 Å². The smallest absolute Gasteiger partial charge is 0.293 e. The van der Waals surface area contributed by atoms with E-state index in [4.69, 9.17) is 0 Å². The minimum absolute atomic E-state index is 0.0934. The number of benzene rings is 1. The van der Waals surface area contributed by atoms with Gasteiger partial charge in [0.2, 0.25) is 0 Å². The summed E-state index contributed by atoms with van der Waals surface area (Å²) in [6.45, 7) is 7.37. The molecule has 0 unspecified atom stereocenters. The van der Waals surface area contributed by atoms with E-state index in [1.165, 1.54) is 6.07 Å². The van der Waals surface area contributed by atoms with E-state index in [9.17, 15) is 14.5 Å². The average Bonchev–Trinajstić information content (AvgIpc) is 2.41. The summed E-state index contributed by atoms with van der Waals surface area (Å²) >= 11 is 2.96. The molecule has 0 fully saturated rings. The maximum Gasteiger partial charge on any atom is 0.293 e. The third-order valence-electron chi connectivity index (χ3n) is 2.97. The Morgan fingerprint density at radius 1 is 1.40 bits per heavy atom. The molecule has 0 radical (unpaired) electrons. The highest BCUT2D eigenvalue weighted by Gasteiger charge is 2.17. The molecule has 1 rings (SSSR count). The van der Waals surface area contributed by atoms with E-state index in [0.29, 0.717) is 6.54 Å². The van der Waals surface area contributed by atoms with Gasteiger partial charge >= 0.3 is 0 Å². The lowest BCUT2D eigenvalue weighted by molar-refractivity contribution is -0.384. The van der Waals surface area contributed by atoms with Gasteiger partial charge in [-0.1, -0.05) is 13.8 Å². The monoisotopic (exact) mass is 347 g/mol. The van der Waals surface area contributed by atoms with Crippen LogP contribution in [-0.4, -0.2) is 36.0 Å². The van der Waals surface area contributed by atoms with Crippen molar-refractivity contribution in [2.75, 3.05) is 31.5 Å². The lowest BCUT2D eigenvalue weighted by atomic mass is 10.2. The van der Waals surface area contributed by atoms with Crippen LogP contribution in [0.3, 0.4) is 0 Å². The predicted molar refractivity (Wildman–Crippen MR) is 81.6 cm³/mol. The van der Waals surface area contributed by atoms with E-state index in [-0.39, 0.29) is 15.8 Å². The second kappa shape index (κ2) is 8.16. The zero-order chi connectivity index (χ0) is 15.1. The third-order valence-corrected chi connectivity index (χ3v) is 3.57. The van der Waals surface area contributed by atoms with Crippen LogP contribution in [-0.2, 0) is 0 Å². The zero-order valence-electron chi connectivity index (χ0n) is 11.7. The molecule has 1 aromatic rings.